The van der Waals surface area contributed by atoms with Gasteiger partial charge in [0.05, 0.1) is 6.21 Å². The van der Waals surface area contributed by atoms with Crippen molar-refractivity contribution in [2.45, 2.75) is 6.10 Å². The van der Waals surface area contributed by atoms with Crippen LogP contribution in [0.25, 0.3) is 0 Å². The number of hydrazone groups is 1. The van der Waals surface area contributed by atoms with Gasteiger partial charge >= 0.3 is 0 Å². The molecule has 5 heteroatoms. The molecule has 1 heterocycles. The van der Waals surface area contributed by atoms with Gasteiger partial charge in [-0.05, 0) is 23.3 Å². The van der Waals surface area contributed by atoms with Crippen LogP contribution in [-0.4, -0.2) is 22.2 Å². The van der Waals surface area contributed by atoms with E-state index in [1.165, 1.54) is 6.21 Å². The number of nitrogens with one attached hydrogen (secondary N) is 1. The van der Waals surface area contributed by atoms with E-state index in [0.717, 1.165) is 5.56 Å². The van der Waals surface area contributed by atoms with Crippen LogP contribution in [0.2, 0.25) is 0 Å². The van der Waals surface area contributed by atoms with Crippen molar-refractivity contribution in [3.8, 4) is 0 Å². The molecule has 1 aromatic carbocycles. The highest BCUT2D eigenvalue weighted by molar-refractivity contribution is 5.84. The molecule has 2 rings (SSSR count). The highest BCUT2D eigenvalue weighted by Gasteiger charge is 2.15. The third-order valence-electron chi connectivity index (χ3n) is 2.46. The van der Waals surface area contributed by atoms with Gasteiger partial charge in [0.25, 0.3) is 5.91 Å². The zero-order valence-electron chi connectivity index (χ0n) is 10.1. The van der Waals surface area contributed by atoms with E-state index in [1.807, 2.05) is 6.07 Å². The van der Waals surface area contributed by atoms with Crippen LogP contribution in [0.4, 0.5) is 0 Å². The molecule has 0 aliphatic carbocycles. The molecule has 0 saturated heterocycles. The maximum Gasteiger partial charge on any atom is 0.273 e. The van der Waals surface area contributed by atoms with Crippen LogP contribution < -0.4 is 5.43 Å². The lowest BCUT2D eigenvalue weighted by molar-refractivity contribution is -0.129. The third-order valence-corrected chi connectivity index (χ3v) is 2.46. The van der Waals surface area contributed by atoms with Gasteiger partial charge in [-0.1, -0.05) is 30.3 Å². The summed E-state index contributed by atoms with van der Waals surface area (Å²) in [4.78, 5) is 15.5. The number of pyridine rings is 1. The predicted octanol–water partition coefficient (Wildman–Crippen LogP) is 1.27. The quantitative estimate of drug-likeness (QED) is 0.638. The Labute approximate surface area is 110 Å². The summed E-state index contributed by atoms with van der Waals surface area (Å²) in [5.41, 5.74) is 3.63. The number of hydrogen-bond acceptors (Lipinski definition) is 4. The summed E-state index contributed by atoms with van der Waals surface area (Å²) >= 11 is 0. The minimum atomic E-state index is -1.23. The molecule has 0 bridgehead atoms. The lowest BCUT2D eigenvalue weighted by Gasteiger charge is -2.08. The molecule has 5 nitrogen and oxygen atoms in total. The minimum Gasteiger partial charge on any atom is -0.378 e. The molecule has 1 atom stereocenters. The van der Waals surface area contributed by atoms with Gasteiger partial charge in [-0.25, -0.2) is 5.43 Å². The van der Waals surface area contributed by atoms with Crippen LogP contribution in [0.15, 0.2) is 60.0 Å². The number of aromatic nitrogens is 1. The Kier molecular flexibility index (Phi) is 4.36. The van der Waals surface area contributed by atoms with E-state index >= 15 is 0 Å². The van der Waals surface area contributed by atoms with Gasteiger partial charge in [-0.15, -0.1) is 0 Å². The largest absolute Gasteiger partial charge is 0.378 e. The second kappa shape index (κ2) is 6.42. The van der Waals surface area contributed by atoms with Crippen molar-refractivity contribution in [2.75, 3.05) is 0 Å². The summed E-state index contributed by atoms with van der Waals surface area (Å²) in [6, 6.07) is 12.2. The maximum atomic E-state index is 11.6. The second-order valence-electron chi connectivity index (χ2n) is 3.83. The number of aliphatic hydroxyl groups excluding tert-OH is 1. The number of carbonyl (C=O) groups is 1. The number of rotatable bonds is 4. The van der Waals surface area contributed by atoms with Crippen LogP contribution in [0, 0.1) is 0 Å². The molecule has 0 fully saturated rings. The summed E-state index contributed by atoms with van der Waals surface area (Å²) in [5.74, 6) is -0.573. The number of amides is 1. The van der Waals surface area contributed by atoms with Crippen LogP contribution >= 0.6 is 0 Å². The van der Waals surface area contributed by atoms with Crippen molar-refractivity contribution in [3.05, 3.63) is 66.0 Å². The highest BCUT2D eigenvalue weighted by Crippen LogP contribution is 2.11. The summed E-state index contributed by atoms with van der Waals surface area (Å²) in [5, 5.41) is 13.6. The molecule has 0 aliphatic rings. The first-order valence-electron chi connectivity index (χ1n) is 5.73. The Morgan fingerprint density at radius 3 is 2.58 bits per heavy atom. The first-order chi connectivity index (χ1) is 9.27. The van der Waals surface area contributed by atoms with E-state index in [2.05, 4.69) is 15.5 Å². The zero-order valence-corrected chi connectivity index (χ0v) is 10.1. The highest BCUT2D eigenvalue weighted by atomic mass is 16.3. The van der Waals surface area contributed by atoms with E-state index < -0.39 is 12.0 Å². The topological polar surface area (TPSA) is 74.6 Å². The van der Waals surface area contributed by atoms with Crippen molar-refractivity contribution in [3.63, 3.8) is 0 Å². The van der Waals surface area contributed by atoms with Crippen molar-refractivity contribution < 1.29 is 9.90 Å². The first kappa shape index (κ1) is 12.9. The van der Waals surface area contributed by atoms with Crippen molar-refractivity contribution >= 4 is 12.1 Å². The van der Waals surface area contributed by atoms with E-state index in [0.29, 0.717) is 5.56 Å². The van der Waals surface area contributed by atoms with E-state index in [4.69, 9.17) is 0 Å². The Morgan fingerprint density at radius 2 is 1.89 bits per heavy atom. The number of hydrogen-bond donors (Lipinski definition) is 2. The Bertz CT molecular complexity index is 555. The van der Waals surface area contributed by atoms with Gasteiger partial charge in [0.1, 0.15) is 0 Å². The van der Waals surface area contributed by atoms with Gasteiger partial charge in [-0.2, -0.15) is 5.10 Å². The molecule has 0 radical (unpaired) electrons. The summed E-state index contributed by atoms with van der Waals surface area (Å²) in [6.45, 7) is 0. The zero-order chi connectivity index (χ0) is 13.5. The van der Waals surface area contributed by atoms with Crippen molar-refractivity contribution in [2.24, 2.45) is 5.10 Å². The molecule has 0 spiro atoms. The number of carbonyl (C=O) groups excluding carboxylic acids is 1. The SMILES string of the molecule is O=C(N/N=C/c1ccncc1)C(O)c1ccccc1. The first-order valence-corrected chi connectivity index (χ1v) is 5.73. The molecule has 2 aromatic rings. The molecule has 2 N–H and O–H groups in total. The van der Waals surface area contributed by atoms with Gasteiger partial charge in [-0.3, -0.25) is 9.78 Å². The lowest BCUT2D eigenvalue weighted by Crippen LogP contribution is -2.25. The van der Waals surface area contributed by atoms with Crippen molar-refractivity contribution in [1.29, 1.82) is 0 Å². The predicted molar refractivity (Wildman–Crippen MR) is 71.4 cm³/mol. The standard InChI is InChI=1S/C14H13N3O2/c18-13(12-4-2-1-3-5-12)14(19)17-16-10-11-6-8-15-9-7-11/h1-10,13,18H,(H,17,19)/b16-10+. The minimum absolute atomic E-state index is 0.527. The Balaban J connectivity index is 1.93. The fourth-order valence-electron chi connectivity index (χ4n) is 1.47. The summed E-state index contributed by atoms with van der Waals surface area (Å²) in [7, 11) is 0. The molecular weight excluding hydrogens is 242 g/mol. The number of benzene rings is 1. The smallest absolute Gasteiger partial charge is 0.273 e. The van der Waals surface area contributed by atoms with Gasteiger partial charge in [0, 0.05) is 12.4 Å². The summed E-state index contributed by atoms with van der Waals surface area (Å²) < 4.78 is 0. The molecule has 96 valence electrons. The van der Waals surface area contributed by atoms with Gasteiger partial charge < -0.3 is 5.11 Å². The second-order valence-corrected chi connectivity index (χ2v) is 3.83. The number of nitrogens with zero attached hydrogens (tertiary/aromatic N) is 2. The van der Waals surface area contributed by atoms with E-state index in [9.17, 15) is 9.90 Å². The average Bonchev–Trinajstić information content (AvgIpc) is 2.48. The van der Waals surface area contributed by atoms with E-state index in [1.54, 1.807) is 48.8 Å². The fraction of sp³-hybridized carbons (Fsp3) is 0.0714. The summed E-state index contributed by atoms with van der Waals surface area (Å²) in [6.07, 6.45) is 3.51. The third kappa shape index (κ3) is 3.72. The van der Waals surface area contributed by atoms with Crippen LogP contribution in [0.5, 0.6) is 0 Å². The molecule has 19 heavy (non-hydrogen) atoms. The van der Waals surface area contributed by atoms with E-state index in [-0.39, 0.29) is 0 Å². The molecule has 0 aliphatic heterocycles. The molecule has 1 amide bonds. The maximum absolute atomic E-state index is 11.6. The molecule has 1 aromatic heterocycles. The molecule has 0 saturated carbocycles. The van der Waals surface area contributed by atoms with Crippen LogP contribution in [-0.2, 0) is 4.79 Å². The monoisotopic (exact) mass is 255 g/mol. The normalized spacial score (nSPS) is 12.3. The fourth-order valence-corrected chi connectivity index (χ4v) is 1.47. The average molecular weight is 255 g/mol. The van der Waals surface area contributed by atoms with Crippen LogP contribution in [0.1, 0.15) is 17.2 Å². The number of aliphatic hydroxyl groups is 1. The lowest BCUT2D eigenvalue weighted by atomic mass is 10.1. The Hall–Kier alpha value is -2.53. The van der Waals surface area contributed by atoms with Gasteiger partial charge in [0.15, 0.2) is 6.10 Å². The Morgan fingerprint density at radius 1 is 1.21 bits per heavy atom. The van der Waals surface area contributed by atoms with Gasteiger partial charge in [0.2, 0.25) is 0 Å². The molecular formula is C14H13N3O2. The molecule has 1 unspecified atom stereocenters. The van der Waals surface area contributed by atoms with Crippen molar-refractivity contribution in [1.82, 2.24) is 10.4 Å². The van der Waals surface area contributed by atoms with Crippen LogP contribution in [0.3, 0.4) is 0 Å².